The van der Waals surface area contributed by atoms with Gasteiger partial charge in [-0.15, -0.1) is 10.2 Å². The van der Waals surface area contributed by atoms with Gasteiger partial charge in [-0.1, -0.05) is 49.2 Å². The second kappa shape index (κ2) is 8.31. The number of benzene rings is 1. The van der Waals surface area contributed by atoms with E-state index in [9.17, 15) is 0 Å². The Balaban J connectivity index is 1.87. The molecule has 2 aliphatic rings. The molecule has 0 saturated heterocycles. The lowest BCUT2D eigenvalue weighted by Gasteiger charge is -2.21. The normalized spacial score (nSPS) is 18.6. The molecule has 1 aliphatic carbocycles. The largest absolute Gasteiger partial charge is 0.304 e. The molecule has 0 radical (unpaired) electrons. The van der Waals surface area contributed by atoms with E-state index in [1.54, 1.807) is 0 Å². The van der Waals surface area contributed by atoms with Crippen LogP contribution in [0.4, 0.5) is 0 Å². The fourth-order valence-corrected chi connectivity index (χ4v) is 4.58. The van der Waals surface area contributed by atoms with Crippen LogP contribution in [0.25, 0.3) is 5.70 Å². The number of hydrogen-bond acceptors (Lipinski definition) is 4. The summed E-state index contributed by atoms with van der Waals surface area (Å²) in [7, 11) is 0. The van der Waals surface area contributed by atoms with Crippen molar-refractivity contribution in [1.82, 2.24) is 19.7 Å². The minimum atomic E-state index is 0.00168. The standard InChI is InChI=1S/C25H33N5/c1-7-29(8-2)14-13-21-25-28-27-19(6)30(25)22-15-17(4)18(5)23(22)24(26-21)20-11-9-16(3)10-12-20/h9-12,21H,7-8,13-15H2,1-6H3. The molecule has 2 heterocycles. The van der Waals surface area contributed by atoms with Crippen LogP contribution >= 0.6 is 0 Å². The van der Waals surface area contributed by atoms with E-state index in [1.165, 1.54) is 33.5 Å². The Morgan fingerprint density at radius 3 is 2.37 bits per heavy atom. The second-order valence-corrected chi connectivity index (χ2v) is 8.52. The van der Waals surface area contributed by atoms with Crippen LogP contribution in [-0.2, 0) is 0 Å². The maximum atomic E-state index is 5.37. The summed E-state index contributed by atoms with van der Waals surface area (Å²) in [6.07, 6.45) is 1.87. The highest BCUT2D eigenvalue weighted by atomic mass is 15.3. The first-order valence-corrected chi connectivity index (χ1v) is 11.1. The fourth-order valence-electron chi connectivity index (χ4n) is 4.58. The molecular formula is C25H33N5. The molecule has 4 rings (SSSR count). The van der Waals surface area contributed by atoms with Crippen molar-refractivity contribution < 1.29 is 0 Å². The molecular weight excluding hydrogens is 370 g/mol. The maximum Gasteiger partial charge on any atom is 0.162 e. The van der Waals surface area contributed by atoms with Gasteiger partial charge in [-0.05, 0) is 52.8 Å². The van der Waals surface area contributed by atoms with Crippen LogP contribution in [-0.4, -0.2) is 45.0 Å². The predicted molar refractivity (Wildman–Crippen MR) is 124 cm³/mol. The SMILES string of the molecule is CCN(CC)CCC1N=C(c2ccc(C)cc2)C2=C(CC(C)=C2C)n2c(C)nnc21. The number of aromatic nitrogens is 3. The van der Waals surface area contributed by atoms with Gasteiger partial charge in [-0.25, -0.2) is 0 Å². The molecule has 2 aromatic rings. The topological polar surface area (TPSA) is 46.3 Å². The van der Waals surface area contributed by atoms with Gasteiger partial charge in [0.1, 0.15) is 11.9 Å². The maximum absolute atomic E-state index is 5.37. The van der Waals surface area contributed by atoms with Crippen molar-refractivity contribution in [2.75, 3.05) is 19.6 Å². The van der Waals surface area contributed by atoms with Gasteiger partial charge in [0.25, 0.3) is 0 Å². The summed E-state index contributed by atoms with van der Waals surface area (Å²) in [4.78, 5) is 7.83. The Morgan fingerprint density at radius 1 is 1.00 bits per heavy atom. The van der Waals surface area contributed by atoms with Crippen LogP contribution in [0.15, 0.2) is 46.0 Å². The van der Waals surface area contributed by atoms with Crippen molar-refractivity contribution in [3.05, 3.63) is 63.8 Å². The third kappa shape index (κ3) is 3.56. The molecule has 0 bridgehead atoms. The number of allylic oxidation sites excluding steroid dienone is 4. The highest BCUT2D eigenvalue weighted by Crippen LogP contribution is 2.42. The zero-order valence-electron chi connectivity index (χ0n) is 19.2. The van der Waals surface area contributed by atoms with E-state index in [4.69, 9.17) is 4.99 Å². The molecule has 158 valence electrons. The van der Waals surface area contributed by atoms with Crippen LogP contribution in [0.1, 0.15) is 69.4 Å². The summed E-state index contributed by atoms with van der Waals surface area (Å²) in [5.74, 6) is 1.94. The molecule has 0 saturated carbocycles. The summed E-state index contributed by atoms with van der Waals surface area (Å²) in [5.41, 5.74) is 8.86. The van der Waals surface area contributed by atoms with Gasteiger partial charge in [0, 0.05) is 29.8 Å². The first-order chi connectivity index (χ1) is 14.4. The number of rotatable bonds is 6. The molecule has 0 N–H and O–H groups in total. The van der Waals surface area contributed by atoms with Gasteiger partial charge in [0.2, 0.25) is 0 Å². The molecule has 5 heteroatoms. The van der Waals surface area contributed by atoms with E-state index in [2.05, 4.69) is 85.5 Å². The molecule has 1 aliphatic heterocycles. The van der Waals surface area contributed by atoms with Crippen LogP contribution < -0.4 is 0 Å². The molecule has 30 heavy (non-hydrogen) atoms. The molecule has 1 atom stereocenters. The Bertz CT molecular complexity index is 1030. The van der Waals surface area contributed by atoms with E-state index in [1.807, 2.05) is 0 Å². The summed E-state index contributed by atoms with van der Waals surface area (Å²) in [5, 5.41) is 9.07. The number of aliphatic imine (C=N–C) groups is 1. The summed E-state index contributed by atoms with van der Waals surface area (Å²) >= 11 is 0. The smallest absolute Gasteiger partial charge is 0.162 e. The molecule has 0 amide bonds. The van der Waals surface area contributed by atoms with Crippen molar-refractivity contribution >= 4 is 11.4 Å². The molecule has 0 fully saturated rings. The molecule has 0 spiro atoms. The third-order valence-corrected chi connectivity index (χ3v) is 6.61. The minimum Gasteiger partial charge on any atom is -0.304 e. The van der Waals surface area contributed by atoms with E-state index < -0.39 is 0 Å². The Morgan fingerprint density at radius 2 is 1.70 bits per heavy atom. The van der Waals surface area contributed by atoms with E-state index in [0.29, 0.717) is 0 Å². The second-order valence-electron chi connectivity index (χ2n) is 8.52. The summed E-state index contributed by atoms with van der Waals surface area (Å²) in [6.45, 7) is 16.2. The zero-order valence-corrected chi connectivity index (χ0v) is 19.2. The van der Waals surface area contributed by atoms with Gasteiger partial charge < -0.3 is 4.90 Å². The third-order valence-electron chi connectivity index (χ3n) is 6.61. The van der Waals surface area contributed by atoms with Crippen LogP contribution in [0.5, 0.6) is 0 Å². The van der Waals surface area contributed by atoms with Gasteiger partial charge in [-0.2, -0.15) is 0 Å². The lowest BCUT2D eigenvalue weighted by Crippen LogP contribution is -2.25. The Kier molecular flexibility index (Phi) is 5.74. The fraction of sp³-hybridized carbons (Fsp3) is 0.480. The van der Waals surface area contributed by atoms with Gasteiger partial charge in [0.15, 0.2) is 5.82 Å². The zero-order chi connectivity index (χ0) is 21.4. The Labute approximate surface area is 180 Å². The minimum absolute atomic E-state index is 0.00168. The molecule has 1 aromatic heterocycles. The first kappa shape index (κ1) is 20.7. The number of fused-ring (bicyclic) bond motifs is 2. The summed E-state index contributed by atoms with van der Waals surface area (Å²) in [6, 6.07) is 8.78. The Hall–Kier alpha value is -2.53. The number of aryl methyl sites for hydroxylation is 2. The van der Waals surface area contributed by atoms with E-state index in [0.717, 1.165) is 49.8 Å². The quantitative estimate of drug-likeness (QED) is 0.672. The van der Waals surface area contributed by atoms with Crippen molar-refractivity contribution in [2.45, 2.75) is 60.4 Å². The average Bonchev–Trinajstić information content (AvgIpc) is 3.21. The van der Waals surface area contributed by atoms with Crippen LogP contribution in [0, 0.1) is 13.8 Å². The predicted octanol–water partition coefficient (Wildman–Crippen LogP) is 5.12. The highest BCUT2D eigenvalue weighted by molar-refractivity contribution is 6.19. The van der Waals surface area contributed by atoms with Gasteiger partial charge in [-0.3, -0.25) is 9.56 Å². The van der Waals surface area contributed by atoms with Crippen molar-refractivity contribution in [1.29, 1.82) is 0 Å². The monoisotopic (exact) mass is 403 g/mol. The van der Waals surface area contributed by atoms with Gasteiger partial charge >= 0.3 is 0 Å². The number of nitrogens with zero attached hydrogens (tertiary/aromatic N) is 5. The van der Waals surface area contributed by atoms with E-state index >= 15 is 0 Å². The lowest BCUT2D eigenvalue weighted by molar-refractivity contribution is 0.289. The van der Waals surface area contributed by atoms with E-state index in [-0.39, 0.29) is 6.04 Å². The van der Waals surface area contributed by atoms with Gasteiger partial charge in [0.05, 0.1) is 5.71 Å². The van der Waals surface area contributed by atoms with Crippen molar-refractivity contribution in [3.63, 3.8) is 0 Å². The first-order valence-electron chi connectivity index (χ1n) is 11.1. The molecule has 5 nitrogen and oxygen atoms in total. The molecule has 1 unspecified atom stereocenters. The molecule has 1 aromatic carbocycles. The number of hydrogen-bond donors (Lipinski definition) is 0. The highest BCUT2D eigenvalue weighted by Gasteiger charge is 2.33. The van der Waals surface area contributed by atoms with Crippen LogP contribution in [0.3, 0.4) is 0 Å². The van der Waals surface area contributed by atoms with Crippen molar-refractivity contribution in [2.24, 2.45) is 4.99 Å². The van der Waals surface area contributed by atoms with Crippen LogP contribution in [0.2, 0.25) is 0 Å². The van der Waals surface area contributed by atoms with Crippen molar-refractivity contribution in [3.8, 4) is 0 Å². The lowest BCUT2D eigenvalue weighted by atomic mass is 9.96. The summed E-state index contributed by atoms with van der Waals surface area (Å²) < 4.78 is 2.28. The average molecular weight is 404 g/mol.